The summed E-state index contributed by atoms with van der Waals surface area (Å²) in [5.74, 6) is -0.549. The van der Waals surface area contributed by atoms with Crippen molar-refractivity contribution in [1.29, 1.82) is 0 Å². The SMILES string of the molecule is CCCNC(=O)c1cc2ccc(OC(=O)CCc3ccccc3)cc2oc1=O. The Balaban J connectivity index is 1.70. The Morgan fingerprint density at radius 2 is 1.86 bits per heavy atom. The fourth-order valence-corrected chi connectivity index (χ4v) is 2.72. The Morgan fingerprint density at radius 3 is 2.61 bits per heavy atom. The molecule has 0 unspecified atom stereocenters. The molecule has 0 aliphatic carbocycles. The van der Waals surface area contributed by atoms with Gasteiger partial charge in [-0.05, 0) is 36.6 Å². The van der Waals surface area contributed by atoms with Crippen LogP contribution in [0.4, 0.5) is 0 Å². The third-order valence-electron chi connectivity index (χ3n) is 4.18. The van der Waals surface area contributed by atoms with E-state index in [4.69, 9.17) is 9.15 Å². The molecule has 2 aromatic carbocycles. The first kappa shape index (κ1) is 19.4. The highest BCUT2D eigenvalue weighted by molar-refractivity contribution is 5.96. The monoisotopic (exact) mass is 379 g/mol. The van der Waals surface area contributed by atoms with Gasteiger partial charge in [0, 0.05) is 24.4 Å². The highest BCUT2D eigenvalue weighted by Crippen LogP contribution is 2.21. The first-order valence-electron chi connectivity index (χ1n) is 9.17. The lowest BCUT2D eigenvalue weighted by molar-refractivity contribution is -0.134. The maximum Gasteiger partial charge on any atom is 0.349 e. The minimum absolute atomic E-state index is 0.0476. The van der Waals surface area contributed by atoms with Gasteiger partial charge in [0.1, 0.15) is 16.9 Å². The van der Waals surface area contributed by atoms with Gasteiger partial charge in [-0.15, -0.1) is 0 Å². The van der Waals surface area contributed by atoms with Gasteiger partial charge in [-0.2, -0.15) is 0 Å². The lowest BCUT2D eigenvalue weighted by Crippen LogP contribution is -2.28. The molecule has 28 heavy (non-hydrogen) atoms. The molecule has 0 fully saturated rings. The van der Waals surface area contributed by atoms with Gasteiger partial charge in [0.15, 0.2) is 0 Å². The molecule has 1 amide bonds. The van der Waals surface area contributed by atoms with Crippen LogP contribution >= 0.6 is 0 Å². The molecule has 0 atom stereocenters. The van der Waals surface area contributed by atoms with Crippen LogP contribution in [0.3, 0.4) is 0 Å². The number of ether oxygens (including phenoxy) is 1. The van der Waals surface area contributed by atoms with Gasteiger partial charge >= 0.3 is 11.6 Å². The van der Waals surface area contributed by atoms with Crippen molar-refractivity contribution in [1.82, 2.24) is 5.32 Å². The van der Waals surface area contributed by atoms with E-state index in [1.54, 1.807) is 12.1 Å². The number of esters is 1. The molecule has 1 N–H and O–H groups in total. The quantitative estimate of drug-likeness (QED) is 0.386. The molecule has 0 spiro atoms. The zero-order valence-corrected chi connectivity index (χ0v) is 15.6. The molecular formula is C22H21NO5. The largest absolute Gasteiger partial charge is 0.426 e. The van der Waals surface area contributed by atoms with Crippen LogP contribution in [0.5, 0.6) is 5.75 Å². The second kappa shape index (κ2) is 8.99. The first-order valence-corrected chi connectivity index (χ1v) is 9.17. The zero-order chi connectivity index (χ0) is 19.9. The number of amides is 1. The lowest BCUT2D eigenvalue weighted by atomic mass is 10.1. The van der Waals surface area contributed by atoms with Gasteiger partial charge in [-0.3, -0.25) is 9.59 Å². The number of fused-ring (bicyclic) bond motifs is 1. The van der Waals surface area contributed by atoms with Crippen molar-refractivity contribution in [2.75, 3.05) is 6.54 Å². The summed E-state index contributed by atoms with van der Waals surface area (Å²) >= 11 is 0. The van der Waals surface area contributed by atoms with E-state index in [-0.39, 0.29) is 29.3 Å². The third kappa shape index (κ3) is 4.85. The van der Waals surface area contributed by atoms with Crippen LogP contribution in [0.2, 0.25) is 0 Å². The Labute approximate surface area is 162 Å². The zero-order valence-electron chi connectivity index (χ0n) is 15.6. The fourth-order valence-electron chi connectivity index (χ4n) is 2.72. The maximum atomic E-state index is 12.1. The fraction of sp³-hybridized carbons (Fsp3) is 0.227. The van der Waals surface area contributed by atoms with Gasteiger partial charge in [-0.1, -0.05) is 37.3 Å². The molecule has 0 aliphatic heterocycles. The number of benzene rings is 2. The molecule has 0 aliphatic rings. The van der Waals surface area contributed by atoms with Gasteiger partial charge in [0.2, 0.25) is 0 Å². The number of carbonyl (C=O) groups is 2. The van der Waals surface area contributed by atoms with Crippen molar-refractivity contribution in [3.63, 3.8) is 0 Å². The number of nitrogens with one attached hydrogen (secondary N) is 1. The third-order valence-corrected chi connectivity index (χ3v) is 4.18. The molecule has 0 saturated carbocycles. The summed E-state index contributed by atoms with van der Waals surface area (Å²) < 4.78 is 10.6. The predicted octanol–water partition coefficient (Wildman–Crippen LogP) is 3.47. The van der Waals surface area contributed by atoms with E-state index in [0.29, 0.717) is 18.4 Å². The average molecular weight is 379 g/mol. The number of aryl methyl sites for hydroxylation is 1. The van der Waals surface area contributed by atoms with Crippen LogP contribution in [0, 0.1) is 0 Å². The van der Waals surface area contributed by atoms with Crippen LogP contribution < -0.4 is 15.7 Å². The molecule has 3 rings (SSSR count). The Bertz CT molecular complexity index is 1040. The Morgan fingerprint density at radius 1 is 1.07 bits per heavy atom. The molecule has 6 nitrogen and oxygen atoms in total. The highest BCUT2D eigenvalue weighted by Gasteiger charge is 2.14. The number of rotatable bonds is 7. The standard InChI is InChI=1S/C22H21NO5/c1-2-12-23-21(25)18-13-16-9-10-17(14-19(16)28-22(18)26)27-20(24)11-8-15-6-4-3-5-7-15/h3-7,9-10,13-14H,2,8,11-12H2,1H3,(H,23,25). The molecule has 1 aromatic heterocycles. The van der Waals surface area contributed by atoms with E-state index in [2.05, 4.69) is 5.32 Å². The number of hydrogen-bond acceptors (Lipinski definition) is 5. The van der Waals surface area contributed by atoms with Crippen LogP contribution in [0.25, 0.3) is 11.0 Å². The Hall–Kier alpha value is -3.41. The Kier molecular flexibility index (Phi) is 6.22. The number of hydrogen-bond donors (Lipinski definition) is 1. The maximum absolute atomic E-state index is 12.1. The van der Waals surface area contributed by atoms with Gasteiger partial charge in [0.25, 0.3) is 5.91 Å². The minimum Gasteiger partial charge on any atom is -0.426 e. The van der Waals surface area contributed by atoms with Crippen LogP contribution in [-0.4, -0.2) is 18.4 Å². The van der Waals surface area contributed by atoms with E-state index in [0.717, 1.165) is 12.0 Å². The molecular weight excluding hydrogens is 358 g/mol. The molecule has 0 radical (unpaired) electrons. The van der Waals surface area contributed by atoms with E-state index in [9.17, 15) is 14.4 Å². The molecule has 144 valence electrons. The summed E-state index contributed by atoms with van der Waals surface area (Å²) in [6, 6.07) is 15.9. The van der Waals surface area contributed by atoms with Crippen molar-refractivity contribution < 1.29 is 18.7 Å². The lowest BCUT2D eigenvalue weighted by Gasteiger charge is -2.07. The smallest absolute Gasteiger partial charge is 0.349 e. The van der Waals surface area contributed by atoms with E-state index < -0.39 is 11.5 Å². The predicted molar refractivity (Wildman–Crippen MR) is 106 cm³/mol. The minimum atomic E-state index is -0.728. The van der Waals surface area contributed by atoms with Crippen molar-refractivity contribution in [2.45, 2.75) is 26.2 Å². The van der Waals surface area contributed by atoms with E-state index in [1.807, 2.05) is 37.3 Å². The highest BCUT2D eigenvalue weighted by atomic mass is 16.5. The summed E-state index contributed by atoms with van der Waals surface area (Å²) in [6.45, 7) is 2.40. The van der Waals surface area contributed by atoms with Crippen LogP contribution in [0.1, 0.15) is 35.7 Å². The van der Waals surface area contributed by atoms with E-state index in [1.165, 1.54) is 12.1 Å². The summed E-state index contributed by atoms with van der Waals surface area (Å²) in [6.07, 6.45) is 1.59. The van der Waals surface area contributed by atoms with Gasteiger partial charge in [-0.25, -0.2) is 4.79 Å². The van der Waals surface area contributed by atoms with Crippen LogP contribution in [0.15, 0.2) is 63.8 Å². The van der Waals surface area contributed by atoms with Crippen molar-refractivity contribution in [3.8, 4) is 5.75 Å². The summed E-state index contributed by atoms with van der Waals surface area (Å²) in [5.41, 5.74) is 0.533. The van der Waals surface area contributed by atoms with Crippen molar-refractivity contribution in [2.24, 2.45) is 0 Å². The second-order valence-electron chi connectivity index (χ2n) is 6.36. The van der Waals surface area contributed by atoms with Crippen molar-refractivity contribution in [3.05, 3.63) is 76.1 Å². The normalized spacial score (nSPS) is 10.6. The topological polar surface area (TPSA) is 85.6 Å². The number of carbonyl (C=O) groups excluding carboxylic acids is 2. The summed E-state index contributed by atoms with van der Waals surface area (Å²) in [4.78, 5) is 36.2. The first-order chi connectivity index (χ1) is 13.6. The van der Waals surface area contributed by atoms with Crippen molar-refractivity contribution >= 4 is 22.8 Å². The van der Waals surface area contributed by atoms with Gasteiger partial charge in [0.05, 0.1) is 0 Å². The van der Waals surface area contributed by atoms with Gasteiger partial charge < -0.3 is 14.5 Å². The summed E-state index contributed by atoms with van der Waals surface area (Å²) in [5, 5.41) is 3.23. The molecule has 1 heterocycles. The average Bonchev–Trinajstić information content (AvgIpc) is 2.70. The molecule has 6 heteroatoms. The molecule has 0 bridgehead atoms. The second-order valence-corrected chi connectivity index (χ2v) is 6.36. The molecule has 3 aromatic rings. The summed E-state index contributed by atoms with van der Waals surface area (Å²) in [7, 11) is 0. The molecule has 0 saturated heterocycles. The van der Waals surface area contributed by atoms with Crippen LogP contribution in [-0.2, 0) is 11.2 Å². The van der Waals surface area contributed by atoms with E-state index >= 15 is 0 Å².